The molecule has 0 aliphatic carbocycles. The third kappa shape index (κ3) is 5.06. The van der Waals surface area contributed by atoms with Gasteiger partial charge in [-0.25, -0.2) is 0 Å². The lowest BCUT2D eigenvalue weighted by Gasteiger charge is -2.03. The monoisotopic (exact) mass is 289 g/mol. The maximum atomic E-state index is 11.8. The van der Waals surface area contributed by atoms with E-state index < -0.39 is 0 Å². The Morgan fingerprint density at radius 3 is 2.71 bits per heavy atom. The van der Waals surface area contributed by atoms with Crippen molar-refractivity contribution in [3.05, 3.63) is 30.4 Å². The molecule has 2 rings (SSSR count). The number of aryl methyl sites for hydroxylation is 1. The van der Waals surface area contributed by atoms with Crippen LogP contribution in [0.1, 0.15) is 51.3 Å². The molecule has 0 aliphatic rings. The molecule has 1 amide bonds. The van der Waals surface area contributed by atoms with Crippen molar-refractivity contribution in [3.8, 4) is 0 Å². The predicted molar refractivity (Wildman–Crippen MR) is 82.0 cm³/mol. The minimum atomic E-state index is -0.0229. The number of unbranched alkanes of at least 4 members (excludes halogenated alkanes) is 2. The molecule has 21 heavy (non-hydrogen) atoms. The van der Waals surface area contributed by atoms with E-state index in [0.29, 0.717) is 12.4 Å². The SMILES string of the molecule is CC(C)c1nc(NC(=O)CCCCCn2cccc2)n[nH]1. The molecule has 0 aromatic carbocycles. The van der Waals surface area contributed by atoms with Crippen molar-refractivity contribution < 1.29 is 4.79 Å². The summed E-state index contributed by atoms with van der Waals surface area (Å²) >= 11 is 0. The Morgan fingerprint density at radius 1 is 1.29 bits per heavy atom. The van der Waals surface area contributed by atoms with E-state index >= 15 is 0 Å². The second kappa shape index (κ2) is 7.61. The molecule has 6 nitrogen and oxygen atoms in total. The number of amides is 1. The van der Waals surface area contributed by atoms with Crippen LogP contribution in [0.25, 0.3) is 0 Å². The van der Waals surface area contributed by atoms with Crippen LogP contribution in [-0.4, -0.2) is 25.7 Å². The van der Waals surface area contributed by atoms with Crippen LogP contribution in [0, 0.1) is 0 Å². The third-order valence-corrected chi connectivity index (χ3v) is 3.29. The quantitative estimate of drug-likeness (QED) is 0.734. The zero-order chi connectivity index (χ0) is 15.1. The number of aromatic amines is 1. The molecule has 0 aliphatic heterocycles. The summed E-state index contributed by atoms with van der Waals surface area (Å²) in [6, 6.07) is 4.05. The summed E-state index contributed by atoms with van der Waals surface area (Å²) in [4.78, 5) is 16.0. The number of nitrogens with one attached hydrogen (secondary N) is 2. The number of carbonyl (C=O) groups excluding carboxylic acids is 1. The van der Waals surface area contributed by atoms with Gasteiger partial charge in [-0.1, -0.05) is 20.3 Å². The van der Waals surface area contributed by atoms with Gasteiger partial charge in [-0.2, -0.15) is 4.98 Å². The highest BCUT2D eigenvalue weighted by Crippen LogP contribution is 2.10. The van der Waals surface area contributed by atoms with Crippen LogP contribution >= 0.6 is 0 Å². The van der Waals surface area contributed by atoms with Crippen LogP contribution in [0.15, 0.2) is 24.5 Å². The van der Waals surface area contributed by atoms with Crippen molar-refractivity contribution in [2.45, 2.75) is 52.0 Å². The van der Waals surface area contributed by atoms with E-state index in [1.54, 1.807) is 0 Å². The second-order valence-electron chi connectivity index (χ2n) is 5.48. The average Bonchev–Trinajstić information content (AvgIpc) is 3.09. The van der Waals surface area contributed by atoms with Crippen molar-refractivity contribution in [2.24, 2.45) is 0 Å². The lowest BCUT2D eigenvalue weighted by atomic mass is 10.2. The van der Waals surface area contributed by atoms with E-state index in [1.807, 2.05) is 26.0 Å². The smallest absolute Gasteiger partial charge is 0.248 e. The Labute approximate surface area is 125 Å². The number of hydrogen-bond donors (Lipinski definition) is 2. The number of carbonyl (C=O) groups is 1. The zero-order valence-corrected chi connectivity index (χ0v) is 12.7. The van der Waals surface area contributed by atoms with E-state index in [9.17, 15) is 4.79 Å². The molecular formula is C15H23N5O. The van der Waals surface area contributed by atoms with Crippen molar-refractivity contribution in [1.82, 2.24) is 19.7 Å². The summed E-state index contributed by atoms with van der Waals surface area (Å²) in [7, 11) is 0. The first-order valence-corrected chi connectivity index (χ1v) is 7.48. The van der Waals surface area contributed by atoms with Crippen LogP contribution in [-0.2, 0) is 11.3 Å². The summed E-state index contributed by atoms with van der Waals surface area (Å²) in [5.74, 6) is 1.41. The summed E-state index contributed by atoms with van der Waals surface area (Å²) in [5, 5.41) is 9.53. The average molecular weight is 289 g/mol. The Hall–Kier alpha value is -2.11. The number of aromatic nitrogens is 4. The number of nitrogens with zero attached hydrogens (tertiary/aromatic N) is 3. The van der Waals surface area contributed by atoms with Crippen LogP contribution in [0.2, 0.25) is 0 Å². The molecule has 2 N–H and O–H groups in total. The van der Waals surface area contributed by atoms with Gasteiger partial charge in [0.25, 0.3) is 0 Å². The summed E-state index contributed by atoms with van der Waals surface area (Å²) in [6.45, 7) is 5.06. The molecule has 0 radical (unpaired) electrons. The predicted octanol–water partition coefficient (Wildman–Crippen LogP) is 2.93. The van der Waals surface area contributed by atoms with E-state index in [4.69, 9.17) is 0 Å². The van der Waals surface area contributed by atoms with Crippen molar-refractivity contribution >= 4 is 11.9 Å². The van der Waals surface area contributed by atoms with Gasteiger partial charge in [-0.05, 0) is 25.0 Å². The van der Waals surface area contributed by atoms with Crippen molar-refractivity contribution in [2.75, 3.05) is 5.32 Å². The molecular weight excluding hydrogens is 266 g/mol. The van der Waals surface area contributed by atoms with Gasteiger partial charge in [0.2, 0.25) is 11.9 Å². The lowest BCUT2D eigenvalue weighted by Crippen LogP contribution is -2.12. The molecule has 0 saturated carbocycles. The molecule has 0 fully saturated rings. The second-order valence-corrected chi connectivity index (χ2v) is 5.48. The van der Waals surface area contributed by atoms with Crippen LogP contribution in [0.4, 0.5) is 5.95 Å². The Kier molecular flexibility index (Phi) is 5.54. The minimum absolute atomic E-state index is 0.0229. The molecule has 6 heteroatoms. The third-order valence-electron chi connectivity index (χ3n) is 3.29. The highest BCUT2D eigenvalue weighted by Gasteiger charge is 2.09. The molecule has 0 atom stereocenters. The normalized spacial score (nSPS) is 11.0. The topological polar surface area (TPSA) is 75.6 Å². The molecule has 0 spiro atoms. The largest absolute Gasteiger partial charge is 0.354 e. The molecule has 2 aromatic rings. The van der Waals surface area contributed by atoms with Crippen LogP contribution in [0.5, 0.6) is 0 Å². The Balaban J connectivity index is 1.60. The summed E-state index contributed by atoms with van der Waals surface area (Å²) < 4.78 is 2.15. The highest BCUT2D eigenvalue weighted by atomic mass is 16.1. The first-order valence-electron chi connectivity index (χ1n) is 7.48. The lowest BCUT2D eigenvalue weighted by molar-refractivity contribution is -0.116. The number of H-pyrrole nitrogens is 1. The fourth-order valence-electron chi connectivity index (χ4n) is 2.05. The first-order chi connectivity index (χ1) is 10.1. The summed E-state index contributed by atoms with van der Waals surface area (Å²) in [5.41, 5.74) is 0. The van der Waals surface area contributed by atoms with E-state index in [0.717, 1.165) is 31.6 Å². The number of anilines is 1. The van der Waals surface area contributed by atoms with Gasteiger partial charge in [0.05, 0.1) is 0 Å². The van der Waals surface area contributed by atoms with Gasteiger partial charge in [0, 0.05) is 31.3 Å². The highest BCUT2D eigenvalue weighted by molar-refractivity contribution is 5.88. The van der Waals surface area contributed by atoms with Gasteiger partial charge < -0.3 is 4.57 Å². The van der Waals surface area contributed by atoms with Gasteiger partial charge >= 0.3 is 0 Å². The summed E-state index contributed by atoms with van der Waals surface area (Å²) in [6.07, 6.45) is 7.63. The molecule has 2 heterocycles. The van der Waals surface area contributed by atoms with Gasteiger partial charge in [-0.3, -0.25) is 15.2 Å². The van der Waals surface area contributed by atoms with E-state index in [2.05, 4.69) is 37.5 Å². The standard InChI is InChI=1S/C15H23N5O/c1-12(2)14-17-15(19-18-14)16-13(21)8-4-3-5-9-20-10-6-7-11-20/h6-7,10-12H,3-5,8-9H2,1-2H3,(H2,16,17,18,19,21). The minimum Gasteiger partial charge on any atom is -0.354 e. The number of rotatable bonds is 8. The fraction of sp³-hybridized carbons (Fsp3) is 0.533. The van der Waals surface area contributed by atoms with E-state index in [1.165, 1.54) is 0 Å². The Morgan fingerprint density at radius 2 is 2.05 bits per heavy atom. The van der Waals surface area contributed by atoms with Gasteiger partial charge in [-0.15, -0.1) is 5.10 Å². The molecule has 0 unspecified atom stereocenters. The molecule has 2 aromatic heterocycles. The molecule has 114 valence electrons. The number of hydrogen-bond acceptors (Lipinski definition) is 3. The maximum absolute atomic E-state index is 11.8. The maximum Gasteiger partial charge on any atom is 0.248 e. The van der Waals surface area contributed by atoms with Crippen LogP contribution in [0.3, 0.4) is 0 Å². The zero-order valence-electron chi connectivity index (χ0n) is 12.7. The first kappa shape index (κ1) is 15.3. The Bertz CT molecular complexity index is 544. The van der Waals surface area contributed by atoms with Crippen LogP contribution < -0.4 is 5.32 Å². The molecule has 0 saturated heterocycles. The molecule has 0 bridgehead atoms. The van der Waals surface area contributed by atoms with Gasteiger partial charge in [0.15, 0.2) is 0 Å². The van der Waals surface area contributed by atoms with E-state index in [-0.39, 0.29) is 11.8 Å². The van der Waals surface area contributed by atoms with Gasteiger partial charge in [0.1, 0.15) is 5.82 Å². The fourth-order valence-corrected chi connectivity index (χ4v) is 2.05. The van der Waals surface area contributed by atoms with Crippen molar-refractivity contribution in [1.29, 1.82) is 0 Å². The van der Waals surface area contributed by atoms with Crippen molar-refractivity contribution in [3.63, 3.8) is 0 Å².